The molecule has 0 aromatic carbocycles. The molecule has 4 N–H and O–H groups in total. The predicted octanol–water partition coefficient (Wildman–Crippen LogP) is 0.102. The predicted molar refractivity (Wildman–Crippen MR) is 52.9 cm³/mol. The smallest absolute Gasteiger partial charge is 0.318 e. The van der Waals surface area contributed by atoms with Crippen LogP contribution in [-0.2, 0) is 4.79 Å². The molecular weight excluding hydrogens is 190 g/mol. The minimum Gasteiger partial charge on any atom is -0.351 e. The first-order valence-electron chi connectivity index (χ1n) is 3.65. The molecule has 3 amide bonds. The van der Waals surface area contributed by atoms with E-state index >= 15 is 0 Å². The Morgan fingerprint density at radius 2 is 1.69 bits per heavy atom. The van der Waals surface area contributed by atoms with Crippen LogP contribution in [0.5, 0.6) is 0 Å². The lowest BCUT2D eigenvalue weighted by atomic mass is 9.96. The summed E-state index contributed by atoms with van der Waals surface area (Å²) in [7, 11) is 0. The molecule has 5 nitrogen and oxygen atoms in total. The summed E-state index contributed by atoms with van der Waals surface area (Å²) in [5, 5.41) is 4.34. The molecule has 0 bridgehead atoms. The van der Waals surface area contributed by atoms with E-state index in [0.29, 0.717) is 0 Å². The van der Waals surface area contributed by atoms with Crippen LogP contribution in [0.25, 0.3) is 0 Å². The van der Waals surface area contributed by atoms with Crippen LogP contribution in [-0.4, -0.2) is 17.1 Å². The molecule has 13 heavy (non-hydrogen) atoms. The van der Waals surface area contributed by atoms with E-state index in [-0.39, 0.29) is 11.0 Å². The molecular formula is C7H13N3O2S. The van der Waals surface area contributed by atoms with E-state index < -0.39 is 11.4 Å². The van der Waals surface area contributed by atoms with Crippen molar-refractivity contribution < 1.29 is 9.59 Å². The fourth-order valence-electron chi connectivity index (χ4n) is 0.434. The van der Waals surface area contributed by atoms with Crippen molar-refractivity contribution in [3.63, 3.8) is 0 Å². The fourth-order valence-corrected chi connectivity index (χ4v) is 0.627. The lowest BCUT2D eigenvalue weighted by Gasteiger charge is -2.17. The topological polar surface area (TPSA) is 84.2 Å². The van der Waals surface area contributed by atoms with Gasteiger partial charge in [-0.15, -0.1) is 0 Å². The molecule has 0 saturated heterocycles. The molecule has 0 aliphatic heterocycles. The summed E-state index contributed by atoms with van der Waals surface area (Å²) in [6, 6.07) is -0.792. The van der Waals surface area contributed by atoms with Gasteiger partial charge >= 0.3 is 6.03 Å². The van der Waals surface area contributed by atoms with Gasteiger partial charge in [-0.1, -0.05) is 20.8 Å². The van der Waals surface area contributed by atoms with Crippen molar-refractivity contribution in [2.45, 2.75) is 20.8 Å². The Balaban J connectivity index is 4.08. The number of thiocarbonyl (C=S) groups is 1. The number of carbonyl (C=O) groups is 2. The van der Waals surface area contributed by atoms with Gasteiger partial charge in [0.05, 0.1) is 0 Å². The van der Waals surface area contributed by atoms with E-state index in [1.807, 2.05) is 0 Å². The van der Waals surface area contributed by atoms with Gasteiger partial charge in [-0.2, -0.15) is 0 Å². The van der Waals surface area contributed by atoms with Crippen LogP contribution in [0.3, 0.4) is 0 Å². The molecule has 6 heteroatoms. The Bertz CT molecular complexity index is 245. The van der Waals surface area contributed by atoms with E-state index in [1.165, 1.54) is 0 Å². The van der Waals surface area contributed by atoms with Crippen LogP contribution < -0.4 is 16.4 Å². The Labute approximate surface area is 82.1 Å². The first-order valence-corrected chi connectivity index (χ1v) is 4.06. The number of nitrogens with one attached hydrogen (secondary N) is 2. The number of hydrogen-bond acceptors (Lipinski definition) is 3. The van der Waals surface area contributed by atoms with E-state index in [4.69, 9.17) is 5.73 Å². The molecule has 0 aliphatic rings. The maximum absolute atomic E-state index is 11.3. The average molecular weight is 203 g/mol. The number of rotatable bonds is 0. The van der Waals surface area contributed by atoms with Gasteiger partial charge in [0.15, 0.2) is 5.11 Å². The van der Waals surface area contributed by atoms with Crippen molar-refractivity contribution in [2.75, 3.05) is 0 Å². The normalized spacial score (nSPS) is 10.4. The van der Waals surface area contributed by atoms with Crippen molar-refractivity contribution in [1.82, 2.24) is 10.6 Å². The summed E-state index contributed by atoms with van der Waals surface area (Å²) in [6.45, 7) is 5.19. The molecule has 0 saturated carbocycles. The third-order valence-electron chi connectivity index (χ3n) is 1.14. The molecule has 0 aromatic heterocycles. The molecule has 0 fully saturated rings. The van der Waals surface area contributed by atoms with Gasteiger partial charge in [-0.05, 0) is 12.2 Å². The van der Waals surface area contributed by atoms with Crippen LogP contribution in [0.1, 0.15) is 20.8 Å². The van der Waals surface area contributed by atoms with E-state index in [9.17, 15) is 9.59 Å². The molecule has 0 rings (SSSR count). The SMILES string of the molecule is CC(C)(C)C(=O)NC(=S)NC(N)=O. The first-order chi connectivity index (χ1) is 5.73. The Kier molecular flexibility index (Phi) is 3.80. The Hall–Kier alpha value is -1.17. The number of nitrogens with two attached hydrogens (primary N) is 1. The average Bonchev–Trinajstić information content (AvgIpc) is 1.82. The minimum absolute atomic E-state index is 0.0765. The first kappa shape index (κ1) is 11.8. The number of urea groups is 1. The Morgan fingerprint density at radius 3 is 2.00 bits per heavy atom. The third-order valence-corrected chi connectivity index (χ3v) is 1.35. The zero-order valence-corrected chi connectivity index (χ0v) is 8.62. The van der Waals surface area contributed by atoms with E-state index in [1.54, 1.807) is 20.8 Å². The van der Waals surface area contributed by atoms with E-state index in [2.05, 4.69) is 22.9 Å². The molecule has 0 radical (unpaired) electrons. The molecule has 0 aliphatic carbocycles. The molecule has 0 aromatic rings. The number of carbonyl (C=O) groups excluding carboxylic acids is 2. The number of amides is 3. The van der Waals surface area contributed by atoms with Gasteiger partial charge in [0.2, 0.25) is 5.91 Å². The highest BCUT2D eigenvalue weighted by molar-refractivity contribution is 7.80. The zero-order valence-electron chi connectivity index (χ0n) is 7.80. The summed E-state index contributed by atoms with van der Waals surface area (Å²) in [5.41, 5.74) is 4.24. The summed E-state index contributed by atoms with van der Waals surface area (Å²) in [5.74, 6) is -0.272. The molecule has 0 spiro atoms. The molecule has 0 atom stereocenters. The van der Waals surface area contributed by atoms with Crippen molar-refractivity contribution in [2.24, 2.45) is 11.1 Å². The summed E-state index contributed by atoms with van der Waals surface area (Å²) >= 11 is 4.63. The van der Waals surface area contributed by atoms with Gasteiger partial charge < -0.3 is 11.1 Å². The summed E-state index contributed by atoms with van der Waals surface area (Å²) in [6.07, 6.45) is 0. The van der Waals surface area contributed by atoms with Gasteiger partial charge in [0.25, 0.3) is 0 Å². The second-order valence-corrected chi connectivity index (χ2v) is 3.93. The monoisotopic (exact) mass is 203 g/mol. The lowest BCUT2D eigenvalue weighted by Crippen LogP contribution is -2.47. The van der Waals surface area contributed by atoms with Gasteiger partial charge in [0, 0.05) is 5.41 Å². The third kappa shape index (κ3) is 5.13. The highest BCUT2D eigenvalue weighted by Crippen LogP contribution is 2.11. The maximum atomic E-state index is 11.3. The standard InChI is InChI=1S/C7H13N3O2S/c1-7(2,3)4(11)9-6(13)10-5(8)12/h1-3H3,(H4,8,9,10,11,12,13). The van der Waals surface area contributed by atoms with E-state index in [0.717, 1.165) is 0 Å². The van der Waals surface area contributed by atoms with Crippen molar-refractivity contribution in [3.8, 4) is 0 Å². The van der Waals surface area contributed by atoms with Crippen LogP contribution in [0.2, 0.25) is 0 Å². The second kappa shape index (κ2) is 4.18. The summed E-state index contributed by atoms with van der Waals surface area (Å²) < 4.78 is 0. The lowest BCUT2D eigenvalue weighted by molar-refractivity contribution is -0.126. The highest BCUT2D eigenvalue weighted by atomic mass is 32.1. The quantitative estimate of drug-likeness (QED) is 0.488. The fraction of sp³-hybridized carbons (Fsp3) is 0.571. The van der Waals surface area contributed by atoms with Crippen LogP contribution in [0.15, 0.2) is 0 Å². The minimum atomic E-state index is -0.792. The van der Waals surface area contributed by atoms with Gasteiger partial charge in [-0.25, -0.2) is 4.79 Å². The number of hydrogen-bond donors (Lipinski definition) is 3. The van der Waals surface area contributed by atoms with Gasteiger partial charge in [-0.3, -0.25) is 10.1 Å². The van der Waals surface area contributed by atoms with Crippen LogP contribution in [0.4, 0.5) is 4.79 Å². The Morgan fingerprint density at radius 1 is 1.23 bits per heavy atom. The van der Waals surface area contributed by atoms with Crippen LogP contribution in [0, 0.1) is 5.41 Å². The van der Waals surface area contributed by atoms with Gasteiger partial charge in [0.1, 0.15) is 0 Å². The molecule has 0 heterocycles. The van der Waals surface area contributed by atoms with Crippen LogP contribution >= 0.6 is 12.2 Å². The van der Waals surface area contributed by atoms with Crippen molar-refractivity contribution in [1.29, 1.82) is 0 Å². The van der Waals surface area contributed by atoms with Crippen molar-refractivity contribution >= 4 is 29.3 Å². The molecule has 74 valence electrons. The maximum Gasteiger partial charge on any atom is 0.318 e. The van der Waals surface area contributed by atoms with Crippen molar-refractivity contribution in [3.05, 3.63) is 0 Å². The summed E-state index contributed by atoms with van der Waals surface area (Å²) in [4.78, 5) is 21.6. The number of primary amides is 1. The highest BCUT2D eigenvalue weighted by Gasteiger charge is 2.22. The second-order valence-electron chi connectivity index (χ2n) is 3.52. The molecule has 0 unspecified atom stereocenters. The zero-order chi connectivity index (χ0) is 10.6. The largest absolute Gasteiger partial charge is 0.351 e.